The number of halogens is 3. The average molecular weight is 248 g/mol. The van der Waals surface area contributed by atoms with Crippen LogP contribution in [0.1, 0.15) is 12.8 Å². The third-order valence-electron chi connectivity index (χ3n) is 2.41. The monoisotopic (exact) mass is 248 g/mol. The lowest BCUT2D eigenvalue weighted by Gasteiger charge is -2.31. The van der Waals surface area contributed by atoms with Gasteiger partial charge in [0.2, 0.25) is 0 Å². The average Bonchev–Trinajstić information content (AvgIpc) is 2.13. The van der Waals surface area contributed by atoms with Crippen molar-refractivity contribution in [3.63, 3.8) is 0 Å². The minimum absolute atomic E-state index is 0.133. The molecule has 1 aromatic carbocycles. The molecule has 0 amide bonds. The Kier molecular flexibility index (Phi) is 3.15. The number of ether oxygens (including phenoxy) is 2. The van der Waals surface area contributed by atoms with Gasteiger partial charge in [0.25, 0.3) is 0 Å². The molecule has 1 aliphatic rings. The molecule has 0 aliphatic heterocycles. The van der Waals surface area contributed by atoms with Crippen LogP contribution in [0, 0.1) is 0 Å². The molecule has 0 saturated heterocycles. The number of aliphatic hydroxyl groups is 1. The molecule has 0 aromatic heterocycles. The van der Waals surface area contributed by atoms with Gasteiger partial charge in [-0.25, -0.2) is 0 Å². The number of hydrogen-bond acceptors (Lipinski definition) is 3. The van der Waals surface area contributed by atoms with Gasteiger partial charge in [-0.1, -0.05) is 6.07 Å². The molecule has 6 heteroatoms. The highest BCUT2D eigenvalue weighted by molar-refractivity contribution is 5.33. The lowest BCUT2D eigenvalue weighted by atomic mass is 9.92. The zero-order valence-electron chi connectivity index (χ0n) is 8.78. The summed E-state index contributed by atoms with van der Waals surface area (Å²) < 4.78 is 45.0. The minimum Gasteiger partial charge on any atom is -0.490 e. The van der Waals surface area contributed by atoms with E-state index in [1.54, 1.807) is 6.07 Å². The second-order valence-corrected chi connectivity index (χ2v) is 3.89. The van der Waals surface area contributed by atoms with Gasteiger partial charge in [0, 0.05) is 18.9 Å². The molecule has 1 aromatic rings. The van der Waals surface area contributed by atoms with Crippen molar-refractivity contribution in [2.45, 2.75) is 31.4 Å². The maximum Gasteiger partial charge on any atom is 0.573 e. The molecular weight excluding hydrogens is 237 g/mol. The predicted octanol–water partition coefficient (Wildman–Crippen LogP) is 2.49. The lowest BCUT2D eigenvalue weighted by molar-refractivity contribution is -0.274. The van der Waals surface area contributed by atoms with Crippen LogP contribution in [0.5, 0.6) is 11.5 Å². The van der Waals surface area contributed by atoms with Gasteiger partial charge in [-0.3, -0.25) is 0 Å². The maximum absolute atomic E-state index is 12.0. The summed E-state index contributed by atoms with van der Waals surface area (Å²) in [6.45, 7) is 0. The van der Waals surface area contributed by atoms with E-state index in [1.165, 1.54) is 18.2 Å². The topological polar surface area (TPSA) is 38.7 Å². The van der Waals surface area contributed by atoms with Gasteiger partial charge in [-0.2, -0.15) is 0 Å². The summed E-state index contributed by atoms with van der Waals surface area (Å²) in [5, 5.41) is 9.05. The highest BCUT2D eigenvalue weighted by Crippen LogP contribution is 2.29. The Morgan fingerprint density at radius 3 is 2.41 bits per heavy atom. The summed E-state index contributed by atoms with van der Waals surface area (Å²) in [6, 6.07) is 5.35. The Balaban J connectivity index is 1.96. The third kappa shape index (κ3) is 3.52. The summed E-state index contributed by atoms with van der Waals surface area (Å²) in [4.78, 5) is 0. The number of aliphatic hydroxyl groups excluding tert-OH is 1. The summed E-state index contributed by atoms with van der Waals surface area (Å²) in [5.41, 5.74) is 0. The first-order chi connectivity index (χ1) is 7.92. The van der Waals surface area contributed by atoms with Crippen molar-refractivity contribution in [2.75, 3.05) is 0 Å². The zero-order valence-corrected chi connectivity index (χ0v) is 8.78. The standard InChI is InChI=1S/C11H11F3O3/c12-11(13,14)17-9-3-1-2-8(6-9)16-10-4-7(15)5-10/h1-3,6-7,10,15H,4-5H2/t7-,10+. The van der Waals surface area contributed by atoms with E-state index >= 15 is 0 Å². The van der Waals surface area contributed by atoms with Crippen LogP contribution >= 0.6 is 0 Å². The smallest absolute Gasteiger partial charge is 0.490 e. The molecule has 17 heavy (non-hydrogen) atoms. The maximum atomic E-state index is 12.0. The summed E-state index contributed by atoms with van der Waals surface area (Å²) in [5.74, 6) is -0.00137. The number of alkyl halides is 3. The van der Waals surface area contributed by atoms with Gasteiger partial charge in [0.1, 0.15) is 17.6 Å². The van der Waals surface area contributed by atoms with Crippen LogP contribution in [0.4, 0.5) is 13.2 Å². The van der Waals surface area contributed by atoms with Crippen LogP contribution < -0.4 is 9.47 Å². The zero-order chi connectivity index (χ0) is 12.5. The summed E-state index contributed by atoms with van der Waals surface area (Å²) in [6.07, 6.45) is -4.19. The van der Waals surface area contributed by atoms with Crippen molar-refractivity contribution in [1.82, 2.24) is 0 Å². The highest BCUT2D eigenvalue weighted by Gasteiger charge is 2.32. The van der Waals surface area contributed by atoms with Gasteiger partial charge in [-0.05, 0) is 12.1 Å². The van der Waals surface area contributed by atoms with Crippen molar-refractivity contribution in [3.8, 4) is 11.5 Å². The van der Waals surface area contributed by atoms with E-state index in [1.807, 2.05) is 0 Å². The third-order valence-corrected chi connectivity index (χ3v) is 2.41. The quantitative estimate of drug-likeness (QED) is 0.893. The molecule has 0 bridgehead atoms. The molecular formula is C11H11F3O3. The van der Waals surface area contributed by atoms with Crippen molar-refractivity contribution in [3.05, 3.63) is 24.3 Å². The molecule has 1 saturated carbocycles. The molecule has 1 N–H and O–H groups in total. The first kappa shape index (κ1) is 12.0. The molecule has 0 spiro atoms. The van der Waals surface area contributed by atoms with Crippen molar-refractivity contribution < 1.29 is 27.8 Å². The van der Waals surface area contributed by atoms with Crippen LogP contribution in [0.3, 0.4) is 0 Å². The van der Waals surface area contributed by atoms with Crippen LogP contribution in [-0.4, -0.2) is 23.7 Å². The van der Waals surface area contributed by atoms with Gasteiger partial charge in [0.15, 0.2) is 0 Å². The van der Waals surface area contributed by atoms with E-state index < -0.39 is 6.36 Å². The summed E-state index contributed by atoms with van der Waals surface area (Å²) in [7, 11) is 0. The van der Waals surface area contributed by atoms with Crippen molar-refractivity contribution >= 4 is 0 Å². The van der Waals surface area contributed by atoms with Crippen molar-refractivity contribution in [2.24, 2.45) is 0 Å². The first-order valence-corrected chi connectivity index (χ1v) is 5.13. The molecule has 3 nitrogen and oxygen atoms in total. The Morgan fingerprint density at radius 2 is 1.82 bits per heavy atom. The van der Waals surface area contributed by atoms with E-state index in [0.717, 1.165) is 0 Å². The molecule has 1 fully saturated rings. The fraction of sp³-hybridized carbons (Fsp3) is 0.455. The number of hydrogen-bond donors (Lipinski definition) is 1. The van der Waals surface area contributed by atoms with Crippen LogP contribution in [-0.2, 0) is 0 Å². The number of rotatable bonds is 3. The lowest BCUT2D eigenvalue weighted by Crippen LogP contribution is -2.37. The second-order valence-electron chi connectivity index (χ2n) is 3.89. The molecule has 2 rings (SSSR count). The largest absolute Gasteiger partial charge is 0.573 e. The normalized spacial score (nSPS) is 24.0. The van der Waals surface area contributed by atoms with E-state index in [2.05, 4.69) is 4.74 Å². The Hall–Kier alpha value is -1.43. The first-order valence-electron chi connectivity index (χ1n) is 5.13. The van der Waals surface area contributed by atoms with Crippen LogP contribution in [0.25, 0.3) is 0 Å². The minimum atomic E-state index is -4.70. The molecule has 94 valence electrons. The molecule has 0 heterocycles. The Morgan fingerprint density at radius 1 is 1.18 bits per heavy atom. The van der Waals surface area contributed by atoms with E-state index in [4.69, 9.17) is 9.84 Å². The Bertz CT molecular complexity index is 386. The van der Waals surface area contributed by atoms with Gasteiger partial charge in [-0.15, -0.1) is 13.2 Å². The highest BCUT2D eigenvalue weighted by atomic mass is 19.4. The second kappa shape index (κ2) is 4.44. The fourth-order valence-corrected chi connectivity index (χ4v) is 1.57. The molecule has 0 unspecified atom stereocenters. The molecule has 0 radical (unpaired) electrons. The van der Waals surface area contributed by atoms with Gasteiger partial charge >= 0.3 is 6.36 Å². The van der Waals surface area contributed by atoms with E-state index in [0.29, 0.717) is 18.6 Å². The molecule has 0 atom stereocenters. The fourth-order valence-electron chi connectivity index (χ4n) is 1.57. The summed E-state index contributed by atoms with van der Waals surface area (Å²) >= 11 is 0. The predicted molar refractivity (Wildman–Crippen MR) is 52.8 cm³/mol. The van der Waals surface area contributed by atoms with E-state index in [-0.39, 0.29) is 18.0 Å². The molecule has 1 aliphatic carbocycles. The SMILES string of the molecule is O[C@H]1C[C@@H](Oc2cccc(OC(F)(F)F)c2)C1. The van der Waals surface area contributed by atoms with Crippen LogP contribution in [0.15, 0.2) is 24.3 Å². The number of benzene rings is 1. The van der Waals surface area contributed by atoms with Gasteiger partial charge < -0.3 is 14.6 Å². The van der Waals surface area contributed by atoms with Crippen LogP contribution in [0.2, 0.25) is 0 Å². The van der Waals surface area contributed by atoms with E-state index in [9.17, 15) is 13.2 Å². The van der Waals surface area contributed by atoms with Gasteiger partial charge in [0.05, 0.1) is 6.10 Å². The van der Waals surface area contributed by atoms with Crippen molar-refractivity contribution in [1.29, 1.82) is 0 Å². The Labute approximate surface area is 95.8 Å².